The third kappa shape index (κ3) is 5.07. The standard InChI is InChI=1S/C15H25NO2/c1-4-9-16(10-11-17)12-14-7-5-6-8-15(14)18-13(2)3/h5-8,13,17H,4,9-12H2,1-3H3. The fourth-order valence-corrected chi connectivity index (χ4v) is 1.97. The minimum atomic E-state index is 0.184. The van der Waals surface area contributed by atoms with Gasteiger partial charge in [-0.15, -0.1) is 0 Å². The molecule has 0 heterocycles. The Bertz CT molecular complexity index is 333. The van der Waals surface area contributed by atoms with Crippen molar-refractivity contribution >= 4 is 0 Å². The summed E-state index contributed by atoms with van der Waals surface area (Å²) in [5.74, 6) is 0.951. The highest BCUT2D eigenvalue weighted by atomic mass is 16.5. The van der Waals surface area contributed by atoms with Gasteiger partial charge in [0.05, 0.1) is 12.7 Å². The van der Waals surface area contributed by atoms with Gasteiger partial charge < -0.3 is 9.84 Å². The normalized spacial score (nSPS) is 11.2. The topological polar surface area (TPSA) is 32.7 Å². The van der Waals surface area contributed by atoms with Crippen LogP contribution in [0.15, 0.2) is 24.3 Å². The monoisotopic (exact) mass is 251 g/mol. The Morgan fingerprint density at radius 1 is 1.22 bits per heavy atom. The number of nitrogens with zero attached hydrogens (tertiary/aromatic N) is 1. The Morgan fingerprint density at radius 2 is 1.94 bits per heavy atom. The second-order valence-corrected chi connectivity index (χ2v) is 4.77. The van der Waals surface area contributed by atoms with Crippen molar-refractivity contribution in [2.45, 2.75) is 39.8 Å². The fourth-order valence-electron chi connectivity index (χ4n) is 1.97. The second kappa shape index (κ2) is 8.11. The van der Waals surface area contributed by atoms with Crippen molar-refractivity contribution in [1.29, 1.82) is 0 Å². The number of aliphatic hydroxyl groups excluding tert-OH is 1. The van der Waals surface area contributed by atoms with E-state index in [2.05, 4.69) is 17.9 Å². The van der Waals surface area contributed by atoms with Crippen LogP contribution in [-0.4, -0.2) is 35.8 Å². The van der Waals surface area contributed by atoms with Crippen molar-refractivity contribution in [2.24, 2.45) is 0 Å². The predicted octanol–water partition coefficient (Wildman–Crippen LogP) is 2.68. The van der Waals surface area contributed by atoms with E-state index in [-0.39, 0.29) is 12.7 Å². The molecule has 0 radical (unpaired) electrons. The molecule has 1 rings (SSSR count). The van der Waals surface area contributed by atoms with Crippen LogP contribution in [0.25, 0.3) is 0 Å². The van der Waals surface area contributed by atoms with Gasteiger partial charge in [-0.2, -0.15) is 0 Å². The molecule has 0 aliphatic heterocycles. The number of para-hydroxylation sites is 1. The number of rotatable bonds is 8. The highest BCUT2D eigenvalue weighted by molar-refractivity contribution is 5.33. The van der Waals surface area contributed by atoms with Crippen LogP contribution in [-0.2, 0) is 6.54 Å². The van der Waals surface area contributed by atoms with Gasteiger partial charge >= 0.3 is 0 Å². The Balaban J connectivity index is 2.74. The highest BCUT2D eigenvalue weighted by Crippen LogP contribution is 2.21. The lowest BCUT2D eigenvalue weighted by Crippen LogP contribution is -2.27. The van der Waals surface area contributed by atoms with Crippen LogP contribution in [0.5, 0.6) is 5.75 Å². The smallest absolute Gasteiger partial charge is 0.124 e. The molecule has 18 heavy (non-hydrogen) atoms. The Labute approximate surface area is 110 Å². The van der Waals surface area contributed by atoms with Crippen molar-refractivity contribution in [3.63, 3.8) is 0 Å². The quantitative estimate of drug-likeness (QED) is 0.771. The zero-order chi connectivity index (χ0) is 13.4. The number of hydrogen-bond acceptors (Lipinski definition) is 3. The van der Waals surface area contributed by atoms with Crippen LogP contribution in [0.4, 0.5) is 0 Å². The maximum absolute atomic E-state index is 9.08. The third-order valence-electron chi connectivity index (χ3n) is 2.69. The van der Waals surface area contributed by atoms with Crippen molar-refractivity contribution in [3.8, 4) is 5.75 Å². The van der Waals surface area contributed by atoms with Gasteiger partial charge in [-0.1, -0.05) is 25.1 Å². The average molecular weight is 251 g/mol. The van der Waals surface area contributed by atoms with E-state index in [1.807, 2.05) is 32.0 Å². The molecule has 3 nitrogen and oxygen atoms in total. The molecule has 0 atom stereocenters. The van der Waals surface area contributed by atoms with Crippen molar-refractivity contribution < 1.29 is 9.84 Å². The van der Waals surface area contributed by atoms with E-state index in [4.69, 9.17) is 9.84 Å². The summed E-state index contributed by atoms with van der Waals surface area (Å²) in [5, 5.41) is 9.08. The van der Waals surface area contributed by atoms with Crippen molar-refractivity contribution in [1.82, 2.24) is 4.90 Å². The van der Waals surface area contributed by atoms with Crippen molar-refractivity contribution in [2.75, 3.05) is 19.7 Å². The molecule has 0 aliphatic rings. The van der Waals surface area contributed by atoms with E-state index in [1.165, 1.54) is 5.56 Å². The van der Waals surface area contributed by atoms with E-state index >= 15 is 0 Å². The van der Waals surface area contributed by atoms with Crippen LogP contribution in [0, 0.1) is 0 Å². The van der Waals surface area contributed by atoms with Crippen LogP contribution in [0.2, 0.25) is 0 Å². The predicted molar refractivity (Wildman–Crippen MR) is 74.9 cm³/mol. The molecule has 0 aromatic heterocycles. The molecular weight excluding hydrogens is 226 g/mol. The van der Waals surface area contributed by atoms with E-state index in [1.54, 1.807) is 0 Å². The van der Waals surface area contributed by atoms with Gasteiger partial charge in [-0.25, -0.2) is 0 Å². The minimum absolute atomic E-state index is 0.184. The molecule has 3 heteroatoms. The molecule has 0 bridgehead atoms. The van der Waals surface area contributed by atoms with Crippen LogP contribution >= 0.6 is 0 Å². The van der Waals surface area contributed by atoms with Crippen molar-refractivity contribution in [3.05, 3.63) is 29.8 Å². The largest absolute Gasteiger partial charge is 0.491 e. The van der Waals surface area contributed by atoms with Gasteiger partial charge in [0, 0.05) is 18.7 Å². The molecule has 0 spiro atoms. The number of benzene rings is 1. The summed E-state index contributed by atoms with van der Waals surface area (Å²) in [4.78, 5) is 2.25. The molecular formula is C15H25NO2. The molecule has 0 fully saturated rings. The lowest BCUT2D eigenvalue weighted by molar-refractivity contribution is 0.185. The first-order valence-corrected chi connectivity index (χ1v) is 6.75. The number of ether oxygens (including phenoxy) is 1. The maximum atomic E-state index is 9.08. The first-order chi connectivity index (χ1) is 8.67. The molecule has 0 aliphatic carbocycles. The molecule has 1 N–H and O–H groups in total. The summed E-state index contributed by atoms with van der Waals surface area (Å²) < 4.78 is 5.81. The van der Waals surface area contributed by atoms with Gasteiger partial charge in [-0.05, 0) is 32.9 Å². The van der Waals surface area contributed by atoms with Crippen LogP contribution in [0.3, 0.4) is 0 Å². The molecule has 0 saturated carbocycles. The molecule has 0 saturated heterocycles. The van der Waals surface area contributed by atoms with Crippen LogP contribution < -0.4 is 4.74 Å². The van der Waals surface area contributed by atoms with Gasteiger partial charge in [0.15, 0.2) is 0 Å². The van der Waals surface area contributed by atoms with E-state index in [0.717, 1.165) is 25.3 Å². The van der Waals surface area contributed by atoms with Gasteiger partial charge in [0.25, 0.3) is 0 Å². The van der Waals surface area contributed by atoms with E-state index in [0.29, 0.717) is 6.54 Å². The SMILES string of the molecule is CCCN(CCO)Cc1ccccc1OC(C)C. The van der Waals surface area contributed by atoms with E-state index in [9.17, 15) is 0 Å². The molecule has 1 aromatic rings. The summed E-state index contributed by atoms with van der Waals surface area (Å²) in [6, 6.07) is 8.14. The van der Waals surface area contributed by atoms with Gasteiger partial charge in [-0.3, -0.25) is 4.90 Å². The fraction of sp³-hybridized carbons (Fsp3) is 0.600. The zero-order valence-corrected chi connectivity index (χ0v) is 11.7. The first-order valence-electron chi connectivity index (χ1n) is 6.75. The second-order valence-electron chi connectivity index (χ2n) is 4.77. The lowest BCUT2D eigenvalue weighted by atomic mass is 10.2. The Morgan fingerprint density at radius 3 is 2.56 bits per heavy atom. The van der Waals surface area contributed by atoms with Gasteiger partial charge in [0.2, 0.25) is 0 Å². The third-order valence-corrected chi connectivity index (χ3v) is 2.69. The minimum Gasteiger partial charge on any atom is -0.491 e. The lowest BCUT2D eigenvalue weighted by Gasteiger charge is -2.22. The number of aliphatic hydroxyl groups is 1. The molecule has 0 unspecified atom stereocenters. The highest BCUT2D eigenvalue weighted by Gasteiger charge is 2.09. The zero-order valence-electron chi connectivity index (χ0n) is 11.7. The molecule has 0 amide bonds. The summed E-state index contributed by atoms with van der Waals surface area (Å²) in [7, 11) is 0. The van der Waals surface area contributed by atoms with Crippen LogP contribution in [0.1, 0.15) is 32.8 Å². The number of hydrogen-bond donors (Lipinski definition) is 1. The summed E-state index contributed by atoms with van der Waals surface area (Å²) in [5.41, 5.74) is 1.19. The first kappa shape index (κ1) is 15.0. The van der Waals surface area contributed by atoms with E-state index < -0.39 is 0 Å². The summed E-state index contributed by atoms with van der Waals surface area (Å²) in [6.45, 7) is 8.97. The maximum Gasteiger partial charge on any atom is 0.124 e. The Hall–Kier alpha value is -1.06. The molecule has 1 aromatic carbocycles. The summed E-state index contributed by atoms with van der Waals surface area (Å²) in [6.07, 6.45) is 1.27. The average Bonchev–Trinajstić information content (AvgIpc) is 2.31. The summed E-state index contributed by atoms with van der Waals surface area (Å²) >= 11 is 0. The Kier molecular flexibility index (Phi) is 6.76. The molecule has 102 valence electrons. The van der Waals surface area contributed by atoms with Gasteiger partial charge in [0.1, 0.15) is 5.75 Å².